The predicted octanol–water partition coefficient (Wildman–Crippen LogP) is 3.13. The normalized spacial score (nSPS) is 13.6. The lowest BCUT2D eigenvalue weighted by molar-refractivity contribution is 0.405. The number of hydrogen-bond acceptors (Lipinski definition) is 3. The van der Waals surface area contributed by atoms with Crippen LogP contribution in [0.3, 0.4) is 0 Å². The molecule has 96 valence electrons. The van der Waals surface area contributed by atoms with Gasteiger partial charge < -0.3 is 5.73 Å². The maximum Gasteiger partial charge on any atom is 0.123 e. The molecule has 1 aromatic carbocycles. The lowest BCUT2D eigenvalue weighted by atomic mass is 9.77. The number of aromatic nitrogens is 1. The van der Waals surface area contributed by atoms with Crippen molar-refractivity contribution in [2.24, 2.45) is 5.73 Å². The summed E-state index contributed by atoms with van der Waals surface area (Å²) in [4.78, 5) is 4.26. The Morgan fingerprint density at radius 1 is 1.33 bits per heavy atom. The molecule has 2 rings (SSSR count). The molecule has 1 unspecified atom stereocenters. The van der Waals surface area contributed by atoms with E-state index >= 15 is 0 Å². The van der Waals surface area contributed by atoms with Crippen LogP contribution in [0.2, 0.25) is 0 Å². The van der Waals surface area contributed by atoms with Crippen molar-refractivity contribution in [1.82, 2.24) is 4.98 Å². The Bertz CT molecular complexity index is 491. The first-order chi connectivity index (χ1) is 8.50. The van der Waals surface area contributed by atoms with Gasteiger partial charge in [-0.2, -0.15) is 0 Å². The number of nitrogens with zero attached hydrogens (tertiary/aromatic N) is 1. The van der Waals surface area contributed by atoms with Crippen LogP contribution in [0.25, 0.3) is 0 Å². The van der Waals surface area contributed by atoms with E-state index in [1.54, 1.807) is 29.7 Å². The first-order valence-electron chi connectivity index (χ1n) is 5.90. The third-order valence-electron chi connectivity index (χ3n) is 3.39. The van der Waals surface area contributed by atoms with Crippen molar-refractivity contribution in [1.29, 1.82) is 0 Å². The highest BCUT2D eigenvalue weighted by atomic mass is 32.1. The second kappa shape index (κ2) is 5.16. The molecule has 1 heterocycles. The van der Waals surface area contributed by atoms with E-state index in [1.165, 1.54) is 12.1 Å². The molecule has 0 fully saturated rings. The van der Waals surface area contributed by atoms with Crippen molar-refractivity contribution in [3.05, 3.63) is 52.2 Å². The third kappa shape index (κ3) is 2.76. The number of thiazole rings is 1. The molecule has 1 aromatic heterocycles. The smallest absolute Gasteiger partial charge is 0.123 e. The van der Waals surface area contributed by atoms with Gasteiger partial charge in [-0.3, -0.25) is 0 Å². The molecular weight excluding hydrogens is 247 g/mol. The Labute approximate surface area is 111 Å². The van der Waals surface area contributed by atoms with Crippen molar-refractivity contribution in [2.45, 2.75) is 31.7 Å². The number of hydrogen-bond donors (Lipinski definition) is 1. The standard InChI is InChI=1S/C14H17FN2S/c1-14(2,10-3-5-11(15)6-4-10)12(16)9-13-17-7-8-18-13/h3-8,12H,9,16H2,1-2H3. The average molecular weight is 264 g/mol. The summed E-state index contributed by atoms with van der Waals surface area (Å²) in [6.45, 7) is 4.16. The van der Waals surface area contributed by atoms with Crippen LogP contribution in [0.5, 0.6) is 0 Å². The van der Waals surface area contributed by atoms with Crippen molar-refractivity contribution in [2.75, 3.05) is 0 Å². The Morgan fingerprint density at radius 2 is 2.00 bits per heavy atom. The molecule has 2 aromatic rings. The number of benzene rings is 1. The highest BCUT2D eigenvalue weighted by Gasteiger charge is 2.29. The van der Waals surface area contributed by atoms with Crippen LogP contribution >= 0.6 is 11.3 Å². The summed E-state index contributed by atoms with van der Waals surface area (Å²) in [5, 5.41) is 2.99. The number of rotatable bonds is 4. The van der Waals surface area contributed by atoms with Gasteiger partial charge in [0.05, 0.1) is 5.01 Å². The van der Waals surface area contributed by atoms with Crippen molar-refractivity contribution >= 4 is 11.3 Å². The molecule has 0 spiro atoms. The fourth-order valence-electron chi connectivity index (χ4n) is 1.89. The van der Waals surface area contributed by atoms with Crippen molar-refractivity contribution in [3.8, 4) is 0 Å². The average Bonchev–Trinajstić information content (AvgIpc) is 2.82. The minimum atomic E-state index is -0.219. The van der Waals surface area contributed by atoms with E-state index in [-0.39, 0.29) is 17.3 Å². The molecule has 2 N–H and O–H groups in total. The molecule has 1 atom stereocenters. The molecule has 4 heteroatoms. The van der Waals surface area contributed by atoms with E-state index in [4.69, 9.17) is 5.73 Å². The van der Waals surface area contributed by atoms with E-state index in [2.05, 4.69) is 18.8 Å². The summed E-state index contributed by atoms with van der Waals surface area (Å²) in [5.41, 5.74) is 7.13. The lowest BCUT2D eigenvalue weighted by Gasteiger charge is -2.31. The summed E-state index contributed by atoms with van der Waals surface area (Å²) in [7, 11) is 0. The van der Waals surface area contributed by atoms with Gasteiger partial charge in [0.15, 0.2) is 0 Å². The van der Waals surface area contributed by atoms with Gasteiger partial charge >= 0.3 is 0 Å². The summed E-state index contributed by atoms with van der Waals surface area (Å²) in [6.07, 6.45) is 2.53. The van der Waals surface area contributed by atoms with Gasteiger partial charge in [-0.05, 0) is 17.7 Å². The van der Waals surface area contributed by atoms with Crippen LogP contribution in [0.4, 0.5) is 4.39 Å². The van der Waals surface area contributed by atoms with Crippen LogP contribution in [0.1, 0.15) is 24.4 Å². The van der Waals surface area contributed by atoms with Crippen molar-refractivity contribution in [3.63, 3.8) is 0 Å². The highest BCUT2D eigenvalue weighted by molar-refractivity contribution is 7.09. The molecule has 0 aliphatic carbocycles. The predicted molar refractivity (Wildman–Crippen MR) is 73.2 cm³/mol. The second-order valence-electron chi connectivity index (χ2n) is 4.97. The first-order valence-corrected chi connectivity index (χ1v) is 6.78. The van der Waals surface area contributed by atoms with E-state index < -0.39 is 0 Å². The van der Waals surface area contributed by atoms with E-state index in [9.17, 15) is 4.39 Å². The Hall–Kier alpha value is -1.26. The third-order valence-corrected chi connectivity index (χ3v) is 4.20. The van der Waals surface area contributed by atoms with E-state index in [0.717, 1.165) is 17.0 Å². The summed E-state index contributed by atoms with van der Waals surface area (Å²) in [5.74, 6) is -0.219. The molecule has 0 radical (unpaired) electrons. The molecule has 2 nitrogen and oxygen atoms in total. The minimum absolute atomic E-state index is 0.0471. The summed E-state index contributed by atoms with van der Waals surface area (Å²) >= 11 is 1.61. The maximum absolute atomic E-state index is 12.9. The van der Waals surface area contributed by atoms with Crippen LogP contribution in [-0.2, 0) is 11.8 Å². The number of halogens is 1. The van der Waals surface area contributed by atoms with Gasteiger partial charge in [-0.1, -0.05) is 26.0 Å². The first kappa shape index (κ1) is 13.2. The monoisotopic (exact) mass is 264 g/mol. The fourth-order valence-corrected chi connectivity index (χ4v) is 2.57. The maximum atomic E-state index is 12.9. The summed E-state index contributed by atoms with van der Waals surface area (Å²) in [6, 6.07) is 6.52. The lowest BCUT2D eigenvalue weighted by Crippen LogP contribution is -2.42. The SMILES string of the molecule is CC(C)(c1ccc(F)cc1)C(N)Cc1nccs1. The topological polar surface area (TPSA) is 38.9 Å². The zero-order chi connectivity index (χ0) is 13.2. The molecule has 0 aliphatic rings. The Kier molecular flexibility index (Phi) is 3.78. The van der Waals surface area contributed by atoms with Gasteiger partial charge in [-0.15, -0.1) is 11.3 Å². The molecule has 0 saturated heterocycles. The van der Waals surface area contributed by atoms with Crippen LogP contribution in [0.15, 0.2) is 35.8 Å². The summed E-state index contributed by atoms with van der Waals surface area (Å²) < 4.78 is 12.9. The van der Waals surface area contributed by atoms with Crippen LogP contribution in [0, 0.1) is 5.82 Å². The van der Waals surface area contributed by atoms with Gasteiger partial charge in [0.1, 0.15) is 5.82 Å². The Morgan fingerprint density at radius 3 is 2.56 bits per heavy atom. The largest absolute Gasteiger partial charge is 0.327 e. The molecular formula is C14H17FN2S. The Balaban J connectivity index is 2.16. The molecule has 18 heavy (non-hydrogen) atoms. The van der Waals surface area contributed by atoms with Crippen LogP contribution < -0.4 is 5.73 Å². The van der Waals surface area contributed by atoms with Gasteiger partial charge in [0.25, 0.3) is 0 Å². The molecule has 0 saturated carbocycles. The van der Waals surface area contributed by atoms with E-state index in [0.29, 0.717) is 0 Å². The van der Waals surface area contributed by atoms with Gasteiger partial charge in [0.2, 0.25) is 0 Å². The minimum Gasteiger partial charge on any atom is -0.327 e. The number of nitrogens with two attached hydrogens (primary N) is 1. The second-order valence-corrected chi connectivity index (χ2v) is 5.94. The molecule has 0 bridgehead atoms. The fraction of sp³-hybridized carbons (Fsp3) is 0.357. The quantitative estimate of drug-likeness (QED) is 0.921. The van der Waals surface area contributed by atoms with Gasteiger partial charge in [0, 0.05) is 29.5 Å². The van der Waals surface area contributed by atoms with E-state index in [1.807, 2.05) is 5.38 Å². The highest BCUT2D eigenvalue weighted by Crippen LogP contribution is 2.28. The zero-order valence-electron chi connectivity index (χ0n) is 10.6. The molecule has 0 amide bonds. The van der Waals surface area contributed by atoms with Gasteiger partial charge in [-0.25, -0.2) is 9.37 Å². The van der Waals surface area contributed by atoms with Crippen LogP contribution in [-0.4, -0.2) is 11.0 Å². The van der Waals surface area contributed by atoms with Crippen molar-refractivity contribution < 1.29 is 4.39 Å². The zero-order valence-corrected chi connectivity index (χ0v) is 11.4. The molecule has 0 aliphatic heterocycles.